The van der Waals surface area contributed by atoms with Gasteiger partial charge in [0.05, 0.1) is 40.4 Å². The molecule has 1 aromatic heterocycles. The van der Waals surface area contributed by atoms with Crippen LogP contribution in [0, 0.1) is 15.9 Å². The van der Waals surface area contributed by atoms with Crippen molar-refractivity contribution < 1.29 is 32.0 Å². The number of nitro benzene ring substituents is 1. The lowest BCUT2D eigenvalue weighted by Crippen LogP contribution is -2.47. The summed E-state index contributed by atoms with van der Waals surface area (Å²) < 4.78 is 57.2. The largest absolute Gasteiger partial charge is 0.495 e. The molecule has 5 rings (SSSR count). The van der Waals surface area contributed by atoms with Gasteiger partial charge >= 0.3 is 5.97 Å². The van der Waals surface area contributed by atoms with Gasteiger partial charge < -0.3 is 23.8 Å². The molecule has 0 radical (unpaired) electrons. The molecule has 4 aromatic rings. The Morgan fingerprint density at radius 3 is 2.35 bits per heavy atom. The number of nitrogens with one attached hydrogen (secondary N) is 1. The summed E-state index contributed by atoms with van der Waals surface area (Å²) >= 11 is 0. The van der Waals surface area contributed by atoms with Crippen molar-refractivity contribution in [3.05, 3.63) is 98.1 Å². The zero-order valence-electron chi connectivity index (χ0n) is 25.4. The molecular weight excluding hydrogens is 621 g/mol. The maximum absolute atomic E-state index is 16.2. The van der Waals surface area contributed by atoms with E-state index < -0.39 is 38.7 Å². The fourth-order valence-corrected chi connectivity index (χ4v) is 6.64. The van der Waals surface area contributed by atoms with Crippen LogP contribution in [-0.2, 0) is 28.4 Å². The number of pyridine rings is 1. The smallest absolute Gasteiger partial charge is 0.343 e. The number of anilines is 2. The van der Waals surface area contributed by atoms with Crippen LogP contribution in [0.5, 0.6) is 5.75 Å². The summed E-state index contributed by atoms with van der Waals surface area (Å²) in [6.45, 7) is 2.90. The molecule has 0 aliphatic carbocycles. The number of benzene rings is 3. The van der Waals surface area contributed by atoms with Crippen LogP contribution >= 0.6 is 0 Å². The molecule has 242 valence electrons. The molecule has 3 aromatic carbocycles. The molecule has 0 amide bonds. The highest BCUT2D eigenvalue weighted by Gasteiger charge is 2.28. The minimum Gasteiger partial charge on any atom is -0.495 e. The van der Waals surface area contributed by atoms with Crippen molar-refractivity contribution in [3.63, 3.8) is 0 Å². The molecule has 13 nitrogen and oxygen atoms in total. The van der Waals surface area contributed by atoms with E-state index in [0.717, 1.165) is 36.0 Å². The molecule has 1 aliphatic heterocycles. The third-order valence-electron chi connectivity index (χ3n) is 7.80. The number of rotatable bonds is 10. The van der Waals surface area contributed by atoms with Crippen LogP contribution in [0.25, 0.3) is 10.9 Å². The third kappa shape index (κ3) is 6.23. The van der Waals surface area contributed by atoms with E-state index >= 15 is 4.39 Å². The number of nitro groups is 1. The van der Waals surface area contributed by atoms with E-state index in [1.165, 1.54) is 10.8 Å². The summed E-state index contributed by atoms with van der Waals surface area (Å²) in [4.78, 5) is 40.1. The zero-order valence-corrected chi connectivity index (χ0v) is 26.2. The Labute approximate surface area is 263 Å². The Balaban J connectivity index is 1.57. The second-order valence-corrected chi connectivity index (χ2v) is 12.3. The number of carbonyl (C=O) groups excluding carboxylic acids is 1. The van der Waals surface area contributed by atoms with Crippen molar-refractivity contribution in [1.29, 1.82) is 0 Å². The Bertz CT molecular complexity index is 1970. The Morgan fingerprint density at radius 2 is 1.72 bits per heavy atom. The van der Waals surface area contributed by atoms with E-state index in [0.29, 0.717) is 31.9 Å². The molecule has 0 bridgehead atoms. The number of carbonyl (C=O) groups is 1. The molecule has 0 spiro atoms. The average molecular weight is 654 g/mol. The van der Waals surface area contributed by atoms with Gasteiger partial charge in [-0.1, -0.05) is 12.1 Å². The highest BCUT2D eigenvalue weighted by Crippen LogP contribution is 2.34. The molecule has 1 saturated heterocycles. The standard InChI is InChI=1S/C31H32FN5O8S/c1-4-45-31(39)24-19-34(2)28-22(30(24)38)17-25(32)29(36-15-13-35(14-16-36)26-7-5-6-8-27(26)44-3)23(28)18-33-46(42,43)21-11-9-20(10-12-21)37(40)41/h5-12,17,19,33H,4,13-16,18H2,1-3H3. The van der Waals surface area contributed by atoms with Crippen molar-refractivity contribution in [3.8, 4) is 5.75 Å². The number of para-hydroxylation sites is 2. The minimum absolute atomic E-state index is 0.0316. The van der Waals surface area contributed by atoms with Crippen molar-refractivity contribution in [1.82, 2.24) is 9.29 Å². The van der Waals surface area contributed by atoms with Crippen LogP contribution in [-0.4, -0.2) is 63.8 Å². The number of non-ortho nitro benzene ring substituents is 1. The second-order valence-electron chi connectivity index (χ2n) is 10.5. The molecule has 1 fully saturated rings. The maximum atomic E-state index is 16.2. The lowest BCUT2D eigenvalue weighted by molar-refractivity contribution is -0.384. The van der Waals surface area contributed by atoms with Gasteiger partial charge in [-0.05, 0) is 37.3 Å². The number of ether oxygens (including phenoxy) is 2. The van der Waals surface area contributed by atoms with Crippen molar-refractivity contribution >= 4 is 44.0 Å². The number of methoxy groups -OCH3 is 1. The van der Waals surface area contributed by atoms with Crippen LogP contribution in [0.15, 0.2) is 70.5 Å². The third-order valence-corrected chi connectivity index (χ3v) is 9.22. The van der Waals surface area contributed by atoms with Gasteiger partial charge in [0.25, 0.3) is 5.69 Å². The van der Waals surface area contributed by atoms with Gasteiger partial charge in [-0.25, -0.2) is 22.3 Å². The summed E-state index contributed by atoms with van der Waals surface area (Å²) in [5.74, 6) is -0.926. The molecule has 2 heterocycles. The lowest BCUT2D eigenvalue weighted by atomic mass is 10.0. The van der Waals surface area contributed by atoms with Crippen LogP contribution < -0.4 is 24.7 Å². The fourth-order valence-electron chi connectivity index (χ4n) is 5.64. The van der Waals surface area contributed by atoms with Gasteiger partial charge in [-0.2, -0.15) is 0 Å². The SMILES string of the molecule is CCOC(=O)c1cn(C)c2c(CNS(=O)(=O)c3ccc([N+](=O)[O-])cc3)c(N3CCN(c4ccccc4OC)CC3)c(F)cc2c1=O. The van der Waals surface area contributed by atoms with Gasteiger partial charge in [0.1, 0.15) is 17.1 Å². The summed E-state index contributed by atoms with van der Waals surface area (Å²) in [7, 11) is -1.08. The number of aromatic nitrogens is 1. The van der Waals surface area contributed by atoms with E-state index in [2.05, 4.69) is 9.62 Å². The van der Waals surface area contributed by atoms with E-state index in [1.807, 2.05) is 24.3 Å². The number of piperazine rings is 1. The first kappa shape index (κ1) is 32.4. The fraction of sp³-hybridized carbons (Fsp3) is 0.290. The molecule has 15 heteroatoms. The van der Waals surface area contributed by atoms with E-state index in [1.54, 1.807) is 26.0 Å². The summed E-state index contributed by atoms with van der Waals surface area (Å²) in [6, 6.07) is 13.0. The highest BCUT2D eigenvalue weighted by molar-refractivity contribution is 7.89. The first-order chi connectivity index (χ1) is 22.0. The first-order valence-electron chi connectivity index (χ1n) is 14.4. The Hall–Kier alpha value is -5.02. The van der Waals surface area contributed by atoms with Crippen LogP contribution in [0.3, 0.4) is 0 Å². The number of nitrogens with zero attached hydrogens (tertiary/aromatic N) is 4. The van der Waals surface area contributed by atoms with E-state index in [9.17, 15) is 28.1 Å². The Morgan fingerprint density at radius 1 is 1.07 bits per heavy atom. The molecule has 1 aliphatic rings. The topological polar surface area (TPSA) is 153 Å². The molecular formula is C31H32FN5O8S. The van der Waals surface area contributed by atoms with E-state index in [-0.39, 0.29) is 44.9 Å². The van der Waals surface area contributed by atoms with Gasteiger partial charge in [0, 0.05) is 69.1 Å². The second kappa shape index (κ2) is 13.1. The number of hydrogen-bond acceptors (Lipinski definition) is 10. The summed E-state index contributed by atoms with van der Waals surface area (Å²) in [5, 5.41) is 10.9. The van der Waals surface area contributed by atoms with Gasteiger partial charge in [-0.3, -0.25) is 14.9 Å². The zero-order chi connectivity index (χ0) is 33.2. The van der Waals surface area contributed by atoms with Crippen LogP contribution in [0.1, 0.15) is 22.8 Å². The lowest BCUT2D eigenvalue weighted by Gasteiger charge is -2.39. The molecule has 0 unspecified atom stereocenters. The molecule has 0 saturated carbocycles. The number of halogens is 1. The predicted octanol–water partition coefficient (Wildman–Crippen LogP) is 3.58. The van der Waals surface area contributed by atoms with Crippen molar-refractivity contribution in [2.24, 2.45) is 7.05 Å². The summed E-state index contributed by atoms with van der Waals surface area (Å²) in [6.07, 6.45) is 1.29. The van der Waals surface area contributed by atoms with Crippen molar-refractivity contribution in [2.45, 2.75) is 18.4 Å². The van der Waals surface area contributed by atoms with Gasteiger partial charge in [0.2, 0.25) is 15.5 Å². The molecule has 46 heavy (non-hydrogen) atoms. The number of esters is 1. The average Bonchev–Trinajstić information content (AvgIpc) is 3.05. The minimum atomic E-state index is -4.23. The number of hydrogen-bond donors (Lipinski definition) is 1. The predicted molar refractivity (Wildman–Crippen MR) is 170 cm³/mol. The quantitative estimate of drug-likeness (QED) is 0.153. The number of fused-ring (bicyclic) bond motifs is 1. The van der Waals surface area contributed by atoms with Gasteiger partial charge in [0.15, 0.2) is 0 Å². The maximum Gasteiger partial charge on any atom is 0.343 e. The highest BCUT2D eigenvalue weighted by atomic mass is 32.2. The molecule has 1 N–H and O–H groups in total. The summed E-state index contributed by atoms with van der Waals surface area (Å²) in [5.41, 5.74) is 0.0849. The van der Waals surface area contributed by atoms with Crippen molar-refractivity contribution in [2.75, 3.05) is 49.7 Å². The monoisotopic (exact) mass is 653 g/mol. The first-order valence-corrected chi connectivity index (χ1v) is 15.8. The number of aryl methyl sites for hydroxylation is 1. The normalized spacial score (nSPS) is 13.6. The van der Waals surface area contributed by atoms with Gasteiger partial charge in [-0.15, -0.1) is 0 Å². The number of sulfonamides is 1. The van der Waals surface area contributed by atoms with E-state index in [4.69, 9.17) is 9.47 Å². The van der Waals surface area contributed by atoms with Crippen LogP contribution in [0.2, 0.25) is 0 Å². The van der Waals surface area contributed by atoms with Crippen LogP contribution in [0.4, 0.5) is 21.5 Å². The molecule has 0 atom stereocenters. The Kier molecular flexibility index (Phi) is 9.25.